The zero-order valence-corrected chi connectivity index (χ0v) is 20.1. The zero-order valence-electron chi connectivity index (χ0n) is 20.1. The lowest BCUT2D eigenvalue weighted by Gasteiger charge is -2.21. The highest BCUT2D eigenvalue weighted by molar-refractivity contribution is 6.01. The summed E-state index contributed by atoms with van der Waals surface area (Å²) in [6, 6.07) is 19.2. The van der Waals surface area contributed by atoms with Gasteiger partial charge in [0, 0.05) is 31.5 Å². The molecular formula is C26H29N5O3. The monoisotopic (exact) mass is 459 g/mol. The number of ether oxygens (including phenoxy) is 1. The van der Waals surface area contributed by atoms with Gasteiger partial charge >= 0.3 is 5.97 Å². The first-order valence-corrected chi connectivity index (χ1v) is 11.1. The van der Waals surface area contributed by atoms with Gasteiger partial charge in [-0.15, -0.1) is 0 Å². The first-order valence-electron chi connectivity index (χ1n) is 11.1. The number of fused-ring (bicyclic) bond motifs is 1. The molecule has 0 aliphatic heterocycles. The van der Waals surface area contributed by atoms with E-state index in [1.54, 1.807) is 30.2 Å². The molecule has 34 heavy (non-hydrogen) atoms. The third-order valence-corrected chi connectivity index (χ3v) is 5.12. The minimum absolute atomic E-state index is 0.0801. The van der Waals surface area contributed by atoms with Crippen LogP contribution in [0.25, 0.3) is 16.6 Å². The van der Waals surface area contributed by atoms with Crippen LogP contribution in [0, 0.1) is 0 Å². The van der Waals surface area contributed by atoms with Gasteiger partial charge in [0.05, 0.1) is 0 Å². The Morgan fingerprint density at radius 2 is 1.68 bits per heavy atom. The van der Waals surface area contributed by atoms with Crippen molar-refractivity contribution in [3.05, 3.63) is 72.6 Å². The molecule has 2 heterocycles. The van der Waals surface area contributed by atoms with Crippen LogP contribution in [-0.2, 0) is 16.1 Å². The number of aromatic nitrogens is 3. The molecule has 176 valence electrons. The Labute approximate surface area is 198 Å². The van der Waals surface area contributed by atoms with Crippen molar-refractivity contribution in [3.8, 4) is 5.69 Å². The molecule has 0 saturated heterocycles. The van der Waals surface area contributed by atoms with Crippen LogP contribution in [0.1, 0.15) is 31.3 Å². The van der Waals surface area contributed by atoms with Crippen molar-refractivity contribution in [3.63, 3.8) is 0 Å². The highest BCUT2D eigenvalue weighted by Gasteiger charge is 2.30. The Morgan fingerprint density at radius 3 is 2.35 bits per heavy atom. The number of anilines is 2. The van der Waals surface area contributed by atoms with Crippen molar-refractivity contribution in [1.82, 2.24) is 14.1 Å². The molecule has 0 spiro atoms. The van der Waals surface area contributed by atoms with Crippen LogP contribution in [-0.4, -0.2) is 45.7 Å². The van der Waals surface area contributed by atoms with Gasteiger partial charge in [-0.3, -0.25) is 9.36 Å². The van der Waals surface area contributed by atoms with E-state index in [0.29, 0.717) is 5.95 Å². The number of rotatable bonds is 6. The molecule has 0 aliphatic carbocycles. The topological polar surface area (TPSA) is 81.4 Å². The SMILES string of the molecule is CN(C)c1nc(NC(=O)Cn2ccc3ccccc32)c(C(=O)OC(C)(C)C)n1-c1ccccc1. The van der Waals surface area contributed by atoms with Crippen LogP contribution in [0.4, 0.5) is 11.8 Å². The Bertz CT molecular complexity index is 1330. The number of para-hydroxylation sites is 2. The van der Waals surface area contributed by atoms with Crippen molar-refractivity contribution in [2.24, 2.45) is 0 Å². The van der Waals surface area contributed by atoms with Crippen LogP contribution in [0.3, 0.4) is 0 Å². The molecule has 8 heteroatoms. The minimum Gasteiger partial charge on any atom is -0.455 e. The van der Waals surface area contributed by atoms with E-state index in [9.17, 15) is 9.59 Å². The normalized spacial score (nSPS) is 11.4. The lowest BCUT2D eigenvalue weighted by molar-refractivity contribution is -0.116. The number of carbonyl (C=O) groups excluding carboxylic acids is 2. The Kier molecular flexibility index (Phi) is 6.15. The van der Waals surface area contributed by atoms with Gasteiger partial charge in [-0.25, -0.2) is 4.79 Å². The molecule has 1 amide bonds. The van der Waals surface area contributed by atoms with Gasteiger partial charge in [0.1, 0.15) is 12.1 Å². The predicted molar refractivity (Wildman–Crippen MR) is 134 cm³/mol. The minimum atomic E-state index is -0.716. The molecule has 0 unspecified atom stereocenters. The van der Waals surface area contributed by atoms with E-state index in [1.807, 2.05) is 85.5 Å². The molecule has 4 aromatic rings. The quantitative estimate of drug-likeness (QED) is 0.430. The van der Waals surface area contributed by atoms with E-state index in [-0.39, 0.29) is 24.0 Å². The van der Waals surface area contributed by atoms with E-state index >= 15 is 0 Å². The Balaban J connectivity index is 1.75. The average molecular weight is 460 g/mol. The molecule has 0 fully saturated rings. The van der Waals surface area contributed by atoms with Gasteiger partial charge in [-0.05, 0) is 50.4 Å². The molecule has 0 bridgehead atoms. The Morgan fingerprint density at radius 1 is 1.00 bits per heavy atom. The van der Waals surface area contributed by atoms with Gasteiger partial charge in [0.2, 0.25) is 11.9 Å². The van der Waals surface area contributed by atoms with Crippen molar-refractivity contribution in [2.45, 2.75) is 32.9 Å². The maximum absolute atomic E-state index is 13.3. The van der Waals surface area contributed by atoms with E-state index in [1.165, 1.54) is 0 Å². The standard InChI is InChI=1S/C26H29N5O3/c1-26(2,3)34-24(33)22-23(28-25(29(4)5)31(22)19-12-7-6-8-13-19)27-21(32)17-30-16-15-18-11-9-10-14-20(18)30/h6-16H,17H2,1-5H3,(H,27,32). The van der Waals surface area contributed by atoms with Crippen LogP contribution in [0.15, 0.2) is 66.9 Å². The number of benzene rings is 2. The summed E-state index contributed by atoms with van der Waals surface area (Å²) in [5, 5.41) is 3.90. The summed E-state index contributed by atoms with van der Waals surface area (Å²) in [5.41, 5.74) is 1.13. The average Bonchev–Trinajstić information content (AvgIpc) is 3.35. The van der Waals surface area contributed by atoms with Gasteiger partial charge in [-0.1, -0.05) is 36.4 Å². The molecule has 4 rings (SSSR count). The largest absolute Gasteiger partial charge is 0.455 e. The number of carbonyl (C=O) groups is 2. The lowest BCUT2D eigenvalue weighted by Crippen LogP contribution is -2.27. The fourth-order valence-electron chi connectivity index (χ4n) is 3.74. The first-order chi connectivity index (χ1) is 16.1. The van der Waals surface area contributed by atoms with Crippen LogP contribution in [0.2, 0.25) is 0 Å². The molecule has 2 aromatic carbocycles. The van der Waals surface area contributed by atoms with E-state index < -0.39 is 11.6 Å². The second-order valence-electron chi connectivity index (χ2n) is 9.23. The Hall–Kier alpha value is -4.07. The second-order valence-corrected chi connectivity index (χ2v) is 9.23. The summed E-state index contributed by atoms with van der Waals surface area (Å²) in [6.45, 7) is 5.49. The molecule has 8 nitrogen and oxygen atoms in total. The first kappa shape index (κ1) is 23.1. The molecule has 1 N–H and O–H groups in total. The fourth-order valence-corrected chi connectivity index (χ4v) is 3.74. The van der Waals surface area contributed by atoms with Gasteiger partial charge in [0.25, 0.3) is 0 Å². The second kappa shape index (κ2) is 9.05. The third-order valence-electron chi connectivity index (χ3n) is 5.12. The molecular weight excluding hydrogens is 430 g/mol. The number of amides is 1. The van der Waals surface area contributed by atoms with Crippen LogP contribution >= 0.6 is 0 Å². The summed E-state index contributed by atoms with van der Waals surface area (Å²) < 4.78 is 9.25. The third kappa shape index (κ3) is 4.80. The number of esters is 1. The maximum atomic E-state index is 13.3. The van der Waals surface area contributed by atoms with Gasteiger partial charge in [0.15, 0.2) is 11.5 Å². The molecule has 0 radical (unpaired) electrons. The molecule has 2 aromatic heterocycles. The van der Waals surface area contributed by atoms with E-state index in [0.717, 1.165) is 16.6 Å². The predicted octanol–water partition coefficient (Wildman–Crippen LogP) is 4.49. The highest BCUT2D eigenvalue weighted by Crippen LogP contribution is 2.29. The fraction of sp³-hybridized carbons (Fsp3) is 0.269. The van der Waals surface area contributed by atoms with Crippen molar-refractivity contribution < 1.29 is 14.3 Å². The lowest BCUT2D eigenvalue weighted by atomic mass is 10.2. The number of hydrogen-bond donors (Lipinski definition) is 1. The maximum Gasteiger partial charge on any atom is 0.359 e. The van der Waals surface area contributed by atoms with Crippen molar-refractivity contribution in [2.75, 3.05) is 24.3 Å². The van der Waals surface area contributed by atoms with Crippen molar-refractivity contribution >= 4 is 34.5 Å². The molecule has 0 aliphatic rings. The summed E-state index contributed by atoms with van der Waals surface area (Å²) in [6.07, 6.45) is 1.87. The smallest absolute Gasteiger partial charge is 0.359 e. The summed E-state index contributed by atoms with van der Waals surface area (Å²) in [4.78, 5) is 32.8. The van der Waals surface area contributed by atoms with Gasteiger partial charge < -0.3 is 19.5 Å². The molecule has 0 saturated carbocycles. The number of hydrogen-bond acceptors (Lipinski definition) is 5. The summed E-state index contributed by atoms with van der Waals surface area (Å²) in [7, 11) is 3.66. The zero-order chi connectivity index (χ0) is 24.5. The summed E-state index contributed by atoms with van der Waals surface area (Å²) in [5.74, 6) is -0.218. The van der Waals surface area contributed by atoms with E-state index in [2.05, 4.69) is 10.3 Å². The van der Waals surface area contributed by atoms with E-state index in [4.69, 9.17) is 4.74 Å². The van der Waals surface area contributed by atoms with Crippen molar-refractivity contribution in [1.29, 1.82) is 0 Å². The highest BCUT2D eigenvalue weighted by atomic mass is 16.6. The number of imidazole rings is 1. The van der Waals surface area contributed by atoms with Crippen LogP contribution < -0.4 is 10.2 Å². The van der Waals surface area contributed by atoms with Crippen LogP contribution in [0.5, 0.6) is 0 Å². The summed E-state index contributed by atoms with van der Waals surface area (Å²) >= 11 is 0. The number of nitrogens with one attached hydrogen (secondary N) is 1. The molecule has 0 atom stereocenters. The van der Waals surface area contributed by atoms with Gasteiger partial charge in [-0.2, -0.15) is 4.98 Å². The number of nitrogens with zero attached hydrogens (tertiary/aromatic N) is 4.